The van der Waals surface area contributed by atoms with Crippen LogP contribution in [0.25, 0.3) is 0 Å². The summed E-state index contributed by atoms with van der Waals surface area (Å²) in [5.74, 6) is 0.537. The van der Waals surface area contributed by atoms with E-state index in [2.05, 4.69) is 0 Å². The summed E-state index contributed by atoms with van der Waals surface area (Å²) < 4.78 is 26.6. The summed E-state index contributed by atoms with van der Waals surface area (Å²) in [6, 6.07) is 5.04. The van der Waals surface area contributed by atoms with E-state index in [0.717, 1.165) is 30.6 Å². The Balaban J connectivity index is 2.08. The van der Waals surface area contributed by atoms with Crippen molar-refractivity contribution in [2.75, 3.05) is 19.6 Å². The Bertz CT molecular complexity index is 566. The van der Waals surface area contributed by atoms with Crippen LogP contribution in [0.4, 0.5) is 0 Å². The van der Waals surface area contributed by atoms with Crippen LogP contribution in [0.15, 0.2) is 16.3 Å². The van der Waals surface area contributed by atoms with Crippen molar-refractivity contribution in [3.8, 4) is 6.07 Å². The molecule has 0 atom stereocenters. The third-order valence-electron chi connectivity index (χ3n) is 3.43. The second-order valence-electron chi connectivity index (χ2n) is 4.66. The minimum Gasteiger partial charge on any atom is -0.330 e. The topological polar surface area (TPSA) is 87.2 Å². The van der Waals surface area contributed by atoms with E-state index in [1.165, 1.54) is 10.4 Å². The van der Waals surface area contributed by atoms with E-state index in [4.69, 9.17) is 11.0 Å². The van der Waals surface area contributed by atoms with Gasteiger partial charge in [0.05, 0.1) is 0 Å². The summed E-state index contributed by atoms with van der Waals surface area (Å²) in [7, 11) is -3.42. The lowest BCUT2D eigenvalue weighted by molar-refractivity contribution is 0.266. The molecule has 104 valence electrons. The number of hydrogen-bond acceptors (Lipinski definition) is 5. The fourth-order valence-corrected chi connectivity index (χ4v) is 5.05. The minimum atomic E-state index is -3.42. The van der Waals surface area contributed by atoms with Crippen molar-refractivity contribution in [1.82, 2.24) is 4.31 Å². The number of nitrogens with zero attached hydrogens (tertiary/aromatic N) is 2. The van der Waals surface area contributed by atoms with Crippen LogP contribution < -0.4 is 5.73 Å². The molecule has 2 N–H and O–H groups in total. The number of nitriles is 1. The van der Waals surface area contributed by atoms with E-state index in [1.807, 2.05) is 6.07 Å². The zero-order valence-corrected chi connectivity index (χ0v) is 12.2. The van der Waals surface area contributed by atoms with Crippen LogP contribution in [0.2, 0.25) is 0 Å². The van der Waals surface area contributed by atoms with Crippen LogP contribution in [0, 0.1) is 17.2 Å². The quantitative estimate of drug-likeness (QED) is 0.909. The van der Waals surface area contributed by atoms with Crippen molar-refractivity contribution in [1.29, 1.82) is 5.26 Å². The molecule has 1 saturated heterocycles. The zero-order valence-electron chi connectivity index (χ0n) is 10.6. The SMILES string of the molecule is N#Cc1ccc(S(=O)(=O)N2CCC(CCN)CC2)s1. The van der Waals surface area contributed by atoms with Crippen molar-refractivity contribution in [2.24, 2.45) is 11.7 Å². The summed E-state index contributed by atoms with van der Waals surface area (Å²) in [4.78, 5) is 0.427. The molecule has 2 heterocycles. The van der Waals surface area contributed by atoms with Crippen LogP contribution in [0.5, 0.6) is 0 Å². The molecule has 0 saturated carbocycles. The molecule has 7 heteroatoms. The second kappa shape index (κ2) is 6.01. The van der Waals surface area contributed by atoms with Gasteiger partial charge in [0, 0.05) is 13.1 Å². The largest absolute Gasteiger partial charge is 0.330 e. The maximum atomic E-state index is 12.4. The molecule has 1 aliphatic heterocycles. The van der Waals surface area contributed by atoms with Crippen molar-refractivity contribution in [2.45, 2.75) is 23.5 Å². The van der Waals surface area contributed by atoms with Crippen LogP contribution in [0.1, 0.15) is 24.1 Å². The Labute approximate surface area is 117 Å². The number of rotatable bonds is 4. The number of piperidine rings is 1. The Kier molecular flexibility index (Phi) is 4.58. The van der Waals surface area contributed by atoms with Crippen LogP contribution in [0.3, 0.4) is 0 Å². The number of thiophene rings is 1. The molecule has 1 aromatic heterocycles. The molecule has 1 aliphatic rings. The molecule has 0 spiro atoms. The maximum absolute atomic E-state index is 12.4. The van der Waals surface area contributed by atoms with E-state index < -0.39 is 10.0 Å². The van der Waals surface area contributed by atoms with E-state index in [-0.39, 0.29) is 4.21 Å². The molecule has 0 unspecified atom stereocenters. The van der Waals surface area contributed by atoms with Crippen LogP contribution in [-0.4, -0.2) is 32.4 Å². The van der Waals surface area contributed by atoms with Gasteiger partial charge in [0.25, 0.3) is 10.0 Å². The van der Waals surface area contributed by atoms with Gasteiger partial charge in [-0.15, -0.1) is 11.3 Å². The first-order valence-electron chi connectivity index (χ1n) is 6.28. The van der Waals surface area contributed by atoms with Crippen LogP contribution >= 0.6 is 11.3 Å². The Morgan fingerprint density at radius 2 is 2.11 bits per heavy atom. The lowest BCUT2D eigenvalue weighted by Gasteiger charge is -2.30. The van der Waals surface area contributed by atoms with E-state index in [1.54, 1.807) is 6.07 Å². The first kappa shape index (κ1) is 14.5. The summed E-state index contributed by atoms with van der Waals surface area (Å²) in [5.41, 5.74) is 5.53. The fraction of sp³-hybridized carbons (Fsp3) is 0.583. The van der Waals surface area contributed by atoms with E-state index in [0.29, 0.717) is 30.4 Å². The number of nitrogens with two attached hydrogens (primary N) is 1. The molecule has 1 fully saturated rings. The van der Waals surface area contributed by atoms with Gasteiger partial charge >= 0.3 is 0 Å². The molecular formula is C12H17N3O2S2. The molecular weight excluding hydrogens is 282 g/mol. The van der Waals surface area contributed by atoms with Crippen LogP contribution in [-0.2, 0) is 10.0 Å². The molecule has 0 radical (unpaired) electrons. The standard InChI is InChI=1S/C12H17N3O2S2/c13-6-3-10-4-7-15(8-5-10)19(16,17)12-2-1-11(9-14)18-12/h1-2,10H,3-8,13H2. The minimum absolute atomic E-state index is 0.265. The van der Waals surface area contributed by atoms with E-state index in [9.17, 15) is 8.42 Å². The molecule has 2 rings (SSSR count). The van der Waals surface area contributed by atoms with Gasteiger partial charge in [-0.05, 0) is 43.9 Å². The average molecular weight is 299 g/mol. The predicted molar refractivity (Wildman–Crippen MR) is 74.2 cm³/mol. The first-order valence-corrected chi connectivity index (χ1v) is 8.53. The normalized spacial score (nSPS) is 18.3. The third kappa shape index (κ3) is 3.15. The van der Waals surface area contributed by atoms with Gasteiger partial charge in [0.2, 0.25) is 0 Å². The van der Waals surface area contributed by atoms with Crippen molar-refractivity contribution >= 4 is 21.4 Å². The summed E-state index contributed by atoms with van der Waals surface area (Å²) in [6.07, 6.45) is 2.70. The molecule has 1 aromatic rings. The smallest absolute Gasteiger partial charge is 0.252 e. The van der Waals surface area contributed by atoms with Gasteiger partial charge in [-0.25, -0.2) is 8.42 Å². The Morgan fingerprint density at radius 1 is 1.42 bits per heavy atom. The third-order valence-corrected chi connectivity index (χ3v) is 6.79. The Hall–Kier alpha value is -0.940. The van der Waals surface area contributed by atoms with Gasteiger partial charge in [-0.3, -0.25) is 0 Å². The van der Waals surface area contributed by atoms with Crippen molar-refractivity contribution < 1.29 is 8.42 Å². The number of hydrogen-bond donors (Lipinski definition) is 1. The highest BCUT2D eigenvalue weighted by Crippen LogP contribution is 2.28. The molecule has 0 aliphatic carbocycles. The highest BCUT2D eigenvalue weighted by Gasteiger charge is 2.30. The zero-order chi connectivity index (χ0) is 13.9. The fourth-order valence-electron chi connectivity index (χ4n) is 2.32. The molecule has 5 nitrogen and oxygen atoms in total. The lowest BCUT2D eigenvalue weighted by atomic mass is 9.95. The van der Waals surface area contributed by atoms with Gasteiger partial charge < -0.3 is 5.73 Å². The van der Waals surface area contributed by atoms with Crippen molar-refractivity contribution in [3.63, 3.8) is 0 Å². The Morgan fingerprint density at radius 3 is 2.63 bits per heavy atom. The van der Waals surface area contributed by atoms with Crippen molar-refractivity contribution in [3.05, 3.63) is 17.0 Å². The molecule has 0 bridgehead atoms. The molecule has 19 heavy (non-hydrogen) atoms. The van der Waals surface area contributed by atoms with Gasteiger partial charge in [0.15, 0.2) is 0 Å². The van der Waals surface area contributed by atoms with Gasteiger partial charge in [-0.2, -0.15) is 9.57 Å². The molecule has 0 amide bonds. The summed E-state index contributed by atoms with van der Waals surface area (Å²) in [5, 5.41) is 8.76. The predicted octanol–water partition coefficient (Wildman–Crippen LogP) is 1.37. The number of sulfonamides is 1. The summed E-state index contributed by atoms with van der Waals surface area (Å²) in [6.45, 7) is 1.76. The van der Waals surface area contributed by atoms with Gasteiger partial charge in [-0.1, -0.05) is 0 Å². The first-order chi connectivity index (χ1) is 9.07. The monoisotopic (exact) mass is 299 g/mol. The highest BCUT2D eigenvalue weighted by atomic mass is 32.2. The lowest BCUT2D eigenvalue weighted by Crippen LogP contribution is -2.38. The second-order valence-corrected chi connectivity index (χ2v) is 7.90. The van der Waals surface area contributed by atoms with Gasteiger partial charge in [0.1, 0.15) is 15.2 Å². The average Bonchev–Trinajstić information content (AvgIpc) is 2.89. The molecule has 0 aromatic carbocycles. The van der Waals surface area contributed by atoms with E-state index >= 15 is 0 Å². The maximum Gasteiger partial charge on any atom is 0.252 e. The highest BCUT2D eigenvalue weighted by molar-refractivity contribution is 7.91. The summed E-state index contributed by atoms with van der Waals surface area (Å²) >= 11 is 1.03.